The number of nitrogen functional groups attached to an aromatic ring is 1. The van der Waals surface area contributed by atoms with Crippen LogP contribution >= 0.6 is 23.4 Å². The number of nitrogens with two attached hydrogens (primary N) is 1. The van der Waals surface area contributed by atoms with Crippen molar-refractivity contribution >= 4 is 29.3 Å². The molecule has 3 rings (SSSR count). The van der Waals surface area contributed by atoms with Crippen LogP contribution in [0.4, 0.5) is 17.6 Å². The molecule has 2 aromatic heterocycles. The van der Waals surface area contributed by atoms with Gasteiger partial charge in [-0.15, -0.1) is 0 Å². The molecule has 15 heteroatoms. The van der Waals surface area contributed by atoms with Crippen molar-refractivity contribution in [1.82, 2.24) is 14.2 Å². The third-order valence-electron chi connectivity index (χ3n) is 5.12. The molecule has 0 radical (unpaired) electrons. The van der Waals surface area contributed by atoms with E-state index in [1.807, 2.05) is 6.92 Å². The van der Waals surface area contributed by atoms with E-state index < -0.39 is 40.6 Å². The first-order valence-electron chi connectivity index (χ1n) is 11.1. The zero-order valence-electron chi connectivity index (χ0n) is 20.0. The van der Waals surface area contributed by atoms with E-state index in [4.69, 9.17) is 22.3 Å². The van der Waals surface area contributed by atoms with Crippen LogP contribution in [-0.2, 0) is 22.3 Å². The first-order chi connectivity index (χ1) is 17.8. The highest BCUT2D eigenvalue weighted by Crippen LogP contribution is 2.41. The van der Waals surface area contributed by atoms with E-state index in [1.54, 1.807) is 6.07 Å². The van der Waals surface area contributed by atoms with Crippen molar-refractivity contribution in [3.8, 4) is 11.6 Å². The van der Waals surface area contributed by atoms with Crippen molar-refractivity contribution in [2.75, 3.05) is 5.84 Å². The van der Waals surface area contributed by atoms with Crippen molar-refractivity contribution in [2.24, 2.45) is 0 Å². The average Bonchev–Trinajstić information content (AvgIpc) is 2.83. The predicted octanol–water partition coefficient (Wildman–Crippen LogP) is 4.66. The lowest BCUT2D eigenvalue weighted by atomic mass is 10.1. The van der Waals surface area contributed by atoms with Gasteiger partial charge in [-0.25, -0.2) is 33.1 Å². The number of carbonyl (C=O) groups excluding carboxylic acids is 1. The topological polar surface area (TPSA) is 118 Å². The number of pyridine rings is 1. The molecule has 2 heterocycles. The fourth-order valence-electron chi connectivity index (χ4n) is 3.37. The van der Waals surface area contributed by atoms with Crippen molar-refractivity contribution in [1.29, 1.82) is 0 Å². The van der Waals surface area contributed by atoms with Gasteiger partial charge in [0, 0.05) is 24.1 Å². The zero-order chi connectivity index (χ0) is 28.2. The summed E-state index contributed by atoms with van der Waals surface area (Å²) < 4.78 is 54.2. The summed E-state index contributed by atoms with van der Waals surface area (Å²) in [5.41, 5.74) is -4.74. The number of hydrogen-bond acceptors (Lipinski definition) is 8. The zero-order valence-corrected chi connectivity index (χ0v) is 21.5. The Morgan fingerprint density at radius 1 is 1.21 bits per heavy atom. The van der Waals surface area contributed by atoms with E-state index >= 15 is 0 Å². The minimum atomic E-state index is -5.10. The summed E-state index contributed by atoms with van der Waals surface area (Å²) in [5, 5.41) is -0.147. The monoisotopic (exact) mass is 576 g/mol. The van der Waals surface area contributed by atoms with E-state index in [0.717, 1.165) is 55.6 Å². The number of aryl methyl sites for hydroxylation is 1. The summed E-state index contributed by atoms with van der Waals surface area (Å²) in [4.78, 5) is 50.5. The highest BCUT2D eigenvalue weighted by molar-refractivity contribution is 7.99. The van der Waals surface area contributed by atoms with Gasteiger partial charge in [-0.1, -0.05) is 43.1 Å². The Balaban J connectivity index is 2.15. The van der Waals surface area contributed by atoms with Gasteiger partial charge in [0.25, 0.3) is 11.4 Å². The summed E-state index contributed by atoms with van der Waals surface area (Å²) in [5.74, 6) is 3.27. The lowest BCUT2D eigenvalue weighted by molar-refractivity contribution is -0.213. The highest BCUT2D eigenvalue weighted by Gasteiger charge is 2.36. The van der Waals surface area contributed by atoms with Gasteiger partial charge in [-0.05, 0) is 36.6 Å². The normalized spacial score (nSPS) is 11.4. The van der Waals surface area contributed by atoms with Crippen LogP contribution in [-0.4, -0.2) is 20.2 Å². The molecule has 0 spiro atoms. The molecule has 1 aromatic carbocycles. The van der Waals surface area contributed by atoms with Gasteiger partial charge in [0.15, 0.2) is 5.69 Å². The van der Waals surface area contributed by atoms with Crippen LogP contribution in [0.5, 0.6) is 5.88 Å². The smallest absolute Gasteiger partial charge is 0.335 e. The SMILES string of the molecule is CCCCCc1ccnc(OOC(C)=O)c1Sc1cc(-n2c(=O)cc(C(F)(F)F)n(N)c2=O)c(F)cc1Cl. The number of alkyl halides is 3. The molecule has 0 aliphatic rings. The Morgan fingerprint density at radius 3 is 2.55 bits per heavy atom. The van der Waals surface area contributed by atoms with Gasteiger partial charge in [0.05, 0.1) is 15.6 Å². The molecule has 0 amide bonds. The Kier molecular flexibility index (Phi) is 9.09. The molecular formula is C23H21ClF4N4O5S. The average molecular weight is 577 g/mol. The number of rotatable bonds is 9. The molecule has 38 heavy (non-hydrogen) atoms. The molecule has 0 saturated carbocycles. The van der Waals surface area contributed by atoms with E-state index in [9.17, 15) is 31.9 Å². The fourth-order valence-corrected chi connectivity index (χ4v) is 4.66. The van der Waals surface area contributed by atoms with Gasteiger partial charge >= 0.3 is 17.8 Å². The lowest BCUT2D eigenvalue weighted by Crippen LogP contribution is -2.45. The maximum Gasteiger partial charge on any atom is 0.433 e. The van der Waals surface area contributed by atoms with E-state index in [0.29, 0.717) is 11.3 Å². The summed E-state index contributed by atoms with van der Waals surface area (Å²) in [7, 11) is 0. The third-order valence-corrected chi connectivity index (χ3v) is 6.75. The Morgan fingerprint density at radius 2 is 1.92 bits per heavy atom. The Labute approximate surface area is 222 Å². The molecule has 0 bridgehead atoms. The molecule has 0 aliphatic carbocycles. The second-order valence-corrected chi connectivity index (χ2v) is 9.37. The maximum atomic E-state index is 14.9. The predicted molar refractivity (Wildman–Crippen MR) is 130 cm³/mol. The minimum absolute atomic E-state index is 0.0836. The summed E-state index contributed by atoms with van der Waals surface area (Å²) >= 11 is 7.15. The summed E-state index contributed by atoms with van der Waals surface area (Å²) in [6.07, 6.45) is -0.447. The van der Waals surface area contributed by atoms with Gasteiger partial charge in [0.1, 0.15) is 5.82 Å². The number of halogens is 5. The van der Waals surface area contributed by atoms with Crippen molar-refractivity contribution in [3.05, 3.63) is 73.4 Å². The van der Waals surface area contributed by atoms with E-state index in [-0.39, 0.29) is 31.1 Å². The van der Waals surface area contributed by atoms with Crippen LogP contribution in [0, 0.1) is 5.82 Å². The standard InChI is InChI=1S/C23H21ClF4N4O5S/c1-3-4-5-6-13-7-8-30-21(37-36-12(2)33)20(13)38-17-10-16(15(25)9-14(17)24)31-19(34)11-18(23(26,27)28)32(29)22(31)35/h7-11H,3-6,29H2,1-2H3. The van der Waals surface area contributed by atoms with Crippen molar-refractivity contribution < 1.29 is 32.1 Å². The van der Waals surface area contributed by atoms with Gasteiger partial charge < -0.3 is 5.84 Å². The van der Waals surface area contributed by atoms with Crippen LogP contribution in [0.3, 0.4) is 0 Å². The van der Waals surface area contributed by atoms with Gasteiger partial charge in [0.2, 0.25) is 0 Å². The van der Waals surface area contributed by atoms with Crippen LogP contribution in [0.2, 0.25) is 5.02 Å². The molecule has 0 unspecified atom stereocenters. The van der Waals surface area contributed by atoms with Crippen molar-refractivity contribution in [2.45, 2.75) is 55.5 Å². The highest BCUT2D eigenvalue weighted by atomic mass is 35.5. The molecule has 0 fully saturated rings. The number of unbranched alkanes of at least 4 members (excludes halogenated alkanes) is 2. The molecule has 2 N–H and O–H groups in total. The second-order valence-electron chi connectivity index (χ2n) is 7.91. The number of benzene rings is 1. The Hall–Kier alpha value is -3.52. The summed E-state index contributed by atoms with van der Waals surface area (Å²) in [6.45, 7) is 3.14. The molecule has 204 valence electrons. The van der Waals surface area contributed by atoms with Crippen LogP contribution in [0.15, 0.2) is 49.8 Å². The molecule has 3 aromatic rings. The number of nitrogens with zero attached hydrogens (tertiary/aromatic N) is 3. The van der Waals surface area contributed by atoms with Crippen LogP contribution in [0.1, 0.15) is 44.4 Å². The molecule has 0 saturated heterocycles. The fraction of sp³-hybridized carbons (Fsp3) is 0.304. The molecule has 0 atom stereocenters. The van der Waals surface area contributed by atoms with Crippen LogP contribution in [0.25, 0.3) is 5.69 Å². The number of hydrogen-bond donors (Lipinski definition) is 1. The summed E-state index contributed by atoms with van der Waals surface area (Å²) in [6, 6.07) is 3.59. The van der Waals surface area contributed by atoms with Gasteiger partial charge in [-0.2, -0.15) is 13.2 Å². The van der Waals surface area contributed by atoms with Crippen molar-refractivity contribution in [3.63, 3.8) is 0 Å². The number of carbonyl (C=O) groups is 1. The second kappa shape index (κ2) is 11.9. The van der Waals surface area contributed by atoms with Crippen LogP contribution < -0.4 is 22.0 Å². The number of aromatic nitrogens is 3. The third kappa shape index (κ3) is 6.48. The lowest BCUT2D eigenvalue weighted by Gasteiger charge is -2.16. The first-order valence-corrected chi connectivity index (χ1v) is 12.3. The maximum absolute atomic E-state index is 14.9. The van der Waals surface area contributed by atoms with Gasteiger partial charge in [-0.3, -0.25) is 9.68 Å². The van der Waals surface area contributed by atoms with E-state index in [2.05, 4.69) is 9.87 Å². The molecule has 0 aliphatic heterocycles. The van der Waals surface area contributed by atoms with E-state index in [1.165, 1.54) is 6.20 Å². The molecule has 9 nitrogen and oxygen atoms in total. The minimum Gasteiger partial charge on any atom is -0.335 e. The molecular weight excluding hydrogens is 556 g/mol. The quantitative estimate of drug-likeness (QED) is 0.128. The first kappa shape index (κ1) is 29.0. The Bertz CT molecular complexity index is 1480. The largest absolute Gasteiger partial charge is 0.433 e.